The highest BCUT2D eigenvalue weighted by Gasteiger charge is 2.28. The molecule has 0 aliphatic rings. The number of benzene rings is 3. The highest BCUT2D eigenvalue weighted by atomic mass is 32.2. The van der Waals surface area contributed by atoms with Gasteiger partial charge < -0.3 is 15.3 Å². The fourth-order valence-electron chi connectivity index (χ4n) is 3.07. The second-order valence-corrected chi connectivity index (χ2v) is 7.25. The van der Waals surface area contributed by atoms with Crippen LogP contribution in [-0.2, 0) is 5.75 Å². The number of hydrogen-bond acceptors (Lipinski definition) is 4. The minimum Gasteiger partial charge on any atom is -0.508 e. The van der Waals surface area contributed by atoms with E-state index in [1.54, 1.807) is 36.0 Å². The maximum absolute atomic E-state index is 10.4. The van der Waals surface area contributed by atoms with Crippen LogP contribution in [0, 0.1) is 0 Å². The normalized spacial score (nSPS) is 13.3. The van der Waals surface area contributed by atoms with Gasteiger partial charge in [-0.1, -0.05) is 66.7 Å². The Hall–Kier alpha value is -2.43. The lowest BCUT2D eigenvalue weighted by molar-refractivity contribution is 0.259. The van der Waals surface area contributed by atoms with E-state index in [0.29, 0.717) is 5.56 Å². The molecule has 0 radical (unpaired) electrons. The van der Waals surface area contributed by atoms with Gasteiger partial charge in [0, 0.05) is 28.0 Å². The molecule has 4 heteroatoms. The van der Waals surface area contributed by atoms with E-state index in [-0.39, 0.29) is 29.3 Å². The molecule has 3 nitrogen and oxygen atoms in total. The first-order valence-corrected chi connectivity index (χ1v) is 9.57. The van der Waals surface area contributed by atoms with Gasteiger partial charge in [-0.15, -0.1) is 11.8 Å². The minimum absolute atomic E-state index is 0.127. The second-order valence-electron chi connectivity index (χ2n) is 6.12. The van der Waals surface area contributed by atoms with Crippen LogP contribution < -0.4 is 0 Å². The maximum Gasteiger partial charge on any atom is 0.119 e. The van der Waals surface area contributed by atoms with Crippen LogP contribution in [0.4, 0.5) is 0 Å². The lowest BCUT2D eigenvalue weighted by Gasteiger charge is -2.27. The van der Waals surface area contributed by atoms with E-state index in [9.17, 15) is 15.3 Å². The third-order valence-electron chi connectivity index (χ3n) is 4.41. The van der Waals surface area contributed by atoms with Crippen LogP contribution in [0.1, 0.15) is 27.9 Å². The molecule has 0 aromatic heterocycles. The lowest BCUT2D eigenvalue weighted by Crippen LogP contribution is -2.13. The van der Waals surface area contributed by atoms with E-state index in [4.69, 9.17) is 0 Å². The molecule has 0 unspecified atom stereocenters. The molecular weight excluding hydrogens is 344 g/mol. The summed E-state index contributed by atoms with van der Waals surface area (Å²) in [4.78, 5) is 0. The molecule has 3 N–H and O–H groups in total. The van der Waals surface area contributed by atoms with Gasteiger partial charge in [-0.05, 0) is 17.7 Å². The summed E-state index contributed by atoms with van der Waals surface area (Å²) in [5.74, 6) is 0.765. The number of para-hydroxylation sites is 2. The summed E-state index contributed by atoms with van der Waals surface area (Å²) >= 11 is 1.65. The van der Waals surface area contributed by atoms with Crippen molar-refractivity contribution in [1.82, 2.24) is 0 Å². The minimum atomic E-state index is -0.335. The Morgan fingerprint density at radius 1 is 0.692 bits per heavy atom. The molecule has 3 aromatic carbocycles. The van der Waals surface area contributed by atoms with E-state index < -0.39 is 0 Å². The Morgan fingerprint density at radius 3 is 1.81 bits per heavy atom. The van der Waals surface area contributed by atoms with E-state index >= 15 is 0 Å². The van der Waals surface area contributed by atoms with Gasteiger partial charge in [-0.25, -0.2) is 0 Å². The topological polar surface area (TPSA) is 60.7 Å². The second kappa shape index (κ2) is 8.79. The SMILES string of the molecule is OC[C@@H](c1ccccc1O)[C@H](SCc1ccccc1)c1ccccc1O. The van der Waals surface area contributed by atoms with Crippen LogP contribution in [0.2, 0.25) is 0 Å². The quantitative estimate of drug-likeness (QED) is 0.559. The van der Waals surface area contributed by atoms with Gasteiger partial charge in [0.15, 0.2) is 0 Å². The van der Waals surface area contributed by atoms with Crippen molar-refractivity contribution in [3.8, 4) is 11.5 Å². The fraction of sp³-hybridized carbons (Fsp3) is 0.182. The molecule has 0 aliphatic carbocycles. The highest BCUT2D eigenvalue weighted by molar-refractivity contribution is 7.98. The molecule has 0 bridgehead atoms. The summed E-state index contributed by atoms with van der Waals surface area (Å²) < 4.78 is 0. The third kappa shape index (κ3) is 4.21. The molecule has 0 saturated carbocycles. The number of thioether (sulfide) groups is 1. The van der Waals surface area contributed by atoms with Crippen LogP contribution in [0.3, 0.4) is 0 Å². The number of aromatic hydroxyl groups is 2. The van der Waals surface area contributed by atoms with Gasteiger partial charge in [0.2, 0.25) is 0 Å². The number of aliphatic hydroxyl groups excluding tert-OH is 1. The first-order chi connectivity index (χ1) is 12.7. The van der Waals surface area contributed by atoms with E-state index in [1.807, 2.05) is 42.5 Å². The van der Waals surface area contributed by atoms with Crippen molar-refractivity contribution in [3.05, 3.63) is 95.6 Å². The van der Waals surface area contributed by atoms with Gasteiger partial charge in [0.1, 0.15) is 11.5 Å². The zero-order chi connectivity index (χ0) is 18.4. The predicted molar refractivity (Wildman–Crippen MR) is 107 cm³/mol. The molecule has 0 aliphatic heterocycles. The Labute approximate surface area is 158 Å². The molecule has 0 heterocycles. The largest absolute Gasteiger partial charge is 0.508 e. The molecule has 0 fully saturated rings. The zero-order valence-corrected chi connectivity index (χ0v) is 15.1. The molecule has 3 aromatic rings. The standard InChI is InChI=1S/C22H22O3S/c23-14-19(17-10-4-6-12-20(17)24)22(18-11-5-7-13-21(18)25)26-15-16-8-2-1-3-9-16/h1-13,19,22-25H,14-15H2/t19-,22+/m0/s1. The van der Waals surface area contributed by atoms with E-state index in [0.717, 1.165) is 11.3 Å². The van der Waals surface area contributed by atoms with Crippen molar-refractivity contribution in [2.24, 2.45) is 0 Å². The molecule has 134 valence electrons. The van der Waals surface area contributed by atoms with Crippen LogP contribution in [-0.4, -0.2) is 21.9 Å². The predicted octanol–water partition coefficient (Wildman–Crippen LogP) is 4.85. The van der Waals surface area contributed by atoms with Crippen molar-refractivity contribution in [3.63, 3.8) is 0 Å². The maximum atomic E-state index is 10.4. The molecule has 2 atom stereocenters. The van der Waals surface area contributed by atoms with Crippen LogP contribution in [0.5, 0.6) is 11.5 Å². The Morgan fingerprint density at radius 2 is 1.23 bits per heavy atom. The van der Waals surface area contributed by atoms with Crippen molar-refractivity contribution in [2.75, 3.05) is 6.61 Å². The van der Waals surface area contributed by atoms with Crippen LogP contribution >= 0.6 is 11.8 Å². The average Bonchev–Trinajstić information content (AvgIpc) is 2.68. The number of phenolic OH excluding ortho intramolecular Hbond substituents is 2. The third-order valence-corrected chi connectivity index (χ3v) is 5.86. The first kappa shape index (κ1) is 18.4. The van der Waals surface area contributed by atoms with Gasteiger partial charge >= 0.3 is 0 Å². The molecule has 0 spiro atoms. The van der Waals surface area contributed by atoms with Crippen LogP contribution in [0.25, 0.3) is 0 Å². The zero-order valence-electron chi connectivity index (χ0n) is 14.3. The van der Waals surface area contributed by atoms with Crippen LogP contribution in [0.15, 0.2) is 78.9 Å². The van der Waals surface area contributed by atoms with E-state index in [1.165, 1.54) is 5.56 Å². The van der Waals surface area contributed by atoms with Crippen molar-refractivity contribution in [2.45, 2.75) is 16.9 Å². The van der Waals surface area contributed by atoms with Gasteiger partial charge in [-0.3, -0.25) is 0 Å². The summed E-state index contributed by atoms with van der Waals surface area (Å²) in [6, 6.07) is 24.4. The number of phenols is 2. The molecule has 0 saturated heterocycles. The Kier molecular flexibility index (Phi) is 6.21. The van der Waals surface area contributed by atoms with Crippen molar-refractivity contribution in [1.29, 1.82) is 0 Å². The van der Waals surface area contributed by atoms with Gasteiger partial charge in [-0.2, -0.15) is 0 Å². The summed E-state index contributed by atoms with van der Waals surface area (Å²) in [5.41, 5.74) is 2.62. The molecule has 26 heavy (non-hydrogen) atoms. The summed E-state index contributed by atoms with van der Waals surface area (Å²) in [5, 5.41) is 30.6. The highest BCUT2D eigenvalue weighted by Crippen LogP contribution is 2.47. The molecule has 3 rings (SSSR count). The number of aliphatic hydroxyl groups is 1. The smallest absolute Gasteiger partial charge is 0.119 e. The lowest BCUT2D eigenvalue weighted by atomic mass is 9.91. The van der Waals surface area contributed by atoms with Crippen molar-refractivity contribution < 1.29 is 15.3 Å². The summed E-state index contributed by atoms with van der Waals surface area (Å²) in [6.07, 6.45) is 0. The van der Waals surface area contributed by atoms with E-state index in [2.05, 4.69) is 12.1 Å². The summed E-state index contributed by atoms with van der Waals surface area (Å²) in [7, 11) is 0. The first-order valence-electron chi connectivity index (χ1n) is 8.53. The number of hydrogen-bond donors (Lipinski definition) is 3. The average molecular weight is 366 g/mol. The van der Waals surface area contributed by atoms with Crippen molar-refractivity contribution >= 4 is 11.8 Å². The van der Waals surface area contributed by atoms with Gasteiger partial charge in [0.25, 0.3) is 0 Å². The Balaban J connectivity index is 1.96. The summed E-state index contributed by atoms with van der Waals surface area (Å²) in [6.45, 7) is -0.127. The van der Waals surface area contributed by atoms with Gasteiger partial charge in [0.05, 0.1) is 6.61 Å². The monoisotopic (exact) mass is 366 g/mol. The number of rotatable bonds is 7. The fourth-order valence-corrected chi connectivity index (χ4v) is 4.48. The Bertz CT molecular complexity index is 836. The molecule has 0 amide bonds. The molecular formula is C22H22O3S.